The lowest BCUT2D eigenvalue weighted by atomic mass is 9.84. The molecule has 118 valence electrons. The van der Waals surface area contributed by atoms with Crippen molar-refractivity contribution >= 4 is 18.3 Å². The van der Waals surface area contributed by atoms with Gasteiger partial charge in [0.1, 0.15) is 6.10 Å². The Morgan fingerprint density at radius 1 is 1.45 bits per heavy atom. The summed E-state index contributed by atoms with van der Waals surface area (Å²) >= 11 is 0. The van der Waals surface area contributed by atoms with Crippen molar-refractivity contribution in [3.63, 3.8) is 0 Å². The molecule has 0 heterocycles. The Morgan fingerprint density at radius 3 is 2.65 bits per heavy atom. The second-order valence-corrected chi connectivity index (χ2v) is 5.34. The zero-order chi connectivity index (χ0) is 14.1. The van der Waals surface area contributed by atoms with Crippen LogP contribution in [0.25, 0.3) is 0 Å². The van der Waals surface area contributed by atoms with Crippen LogP contribution in [0.5, 0.6) is 0 Å². The maximum atomic E-state index is 12.0. The first-order chi connectivity index (χ1) is 9.19. The number of nitrogens with two attached hydrogens (primary N) is 1. The smallest absolute Gasteiger partial charge is 0.249 e. The zero-order valence-corrected chi connectivity index (χ0v) is 13.3. The van der Waals surface area contributed by atoms with Crippen LogP contribution in [0.2, 0.25) is 0 Å². The van der Waals surface area contributed by atoms with E-state index in [0.717, 1.165) is 6.42 Å². The lowest BCUT2D eigenvalue weighted by Gasteiger charge is -2.30. The van der Waals surface area contributed by atoms with E-state index < -0.39 is 6.10 Å². The number of halogens is 1. The van der Waals surface area contributed by atoms with Gasteiger partial charge in [-0.05, 0) is 32.1 Å². The summed E-state index contributed by atoms with van der Waals surface area (Å²) in [7, 11) is 0. The summed E-state index contributed by atoms with van der Waals surface area (Å²) in [5.41, 5.74) is 5.80. The summed E-state index contributed by atoms with van der Waals surface area (Å²) in [5, 5.41) is 3.05. The Hall–Kier alpha value is -0.580. The van der Waals surface area contributed by atoms with Crippen LogP contribution in [0.15, 0.2) is 12.7 Å². The quantitative estimate of drug-likeness (QED) is 0.534. The summed E-state index contributed by atoms with van der Waals surface area (Å²) in [5.74, 6) is 0.480. The molecule has 0 bridgehead atoms. The molecule has 20 heavy (non-hydrogen) atoms. The normalized spacial score (nSPS) is 18.7. The van der Waals surface area contributed by atoms with E-state index >= 15 is 0 Å². The minimum absolute atomic E-state index is 0. The molecule has 1 saturated carbocycles. The first-order valence-corrected chi connectivity index (χ1v) is 7.42. The largest absolute Gasteiger partial charge is 0.368 e. The maximum Gasteiger partial charge on any atom is 0.249 e. The molecule has 0 radical (unpaired) electrons. The summed E-state index contributed by atoms with van der Waals surface area (Å²) in [4.78, 5) is 12.0. The third-order valence-electron chi connectivity index (χ3n) is 3.86. The molecule has 3 N–H and O–H groups in total. The molecule has 1 amide bonds. The van der Waals surface area contributed by atoms with E-state index in [4.69, 9.17) is 10.5 Å². The molecular weight excluding hydrogens is 276 g/mol. The molecule has 0 saturated heterocycles. The molecule has 1 aliphatic rings. The fourth-order valence-corrected chi connectivity index (χ4v) is 2.61. The van der Waals surface area contributed by atoms with E-state index in [9.17, 15) is 4.79 Å². The number of ether oxygens (including phenoxy) is 1. The summed E-state index contributed by atoms with van der Waals surface area (Å²) in [6.07, 6.45) is 8.29. The molecule has 0 spiro atoms. The number of carbonyl (C=O) groups is 1. The van der Waals surface area contributed by atoms with Gasteiger partial charge in [0.15, 0.2) is 0 Å². The van der Waals surface area contributed by atoms with E-state index in [-0.39, 0.29) is 24.4 Å². The monoisotopic (exact) mass is 304 g/mol. The van der Waals surface area contributed by atoms with Crippen molar-refractivity contribution < 1.29 is 9.53 Å². The van der Waals surface area contributed by atoms with Crippen LogP contribution in [0, 0.1) is 5.92 Å². The number of hydrogen-bond donors (Lipinski definition) is 2. The molecule has 2 atom stereocenters. The second kappa shape index (κ2) is 11.1. The van der Waals surface area contributed by atoms with Crippen LogP contribution >= 0.6 is 12.4 Å². The van der Waals surface area contributed by atoms with Gasteiger partial charge in [-0.15, -0.1) is 19.0 Å². The lowest BCUT2D eigenvalue weighted by Crippen LogP contribution is -2.49. The third-order valence-corrected chi connectivity index (χ3v) is 3.86. The average molecular weight is 305 g/mol. The van der Waals surface area contributed by atoms with Crippen LogP contribution < -0.4 is 11.1 Å². The van der Waals surface area contributed by atoms with Gasteiger partial charge >= 0.3 is 0 Å². The van der Waals surface area contributed by atoms with Gasteiger partial charge in [0.25, 0.3) is 0 Å². The SMILES string of the molecule is C=CCCOC(C)C(=O)NC(CN)C1CCCCC1.Cl. The van der Waals surface area contributed by atoms with Gasteiger partial charge in [-0.1, -0.05) is 25.3 Å². The molecule has 0 aromatic rings. The maximum absolute atomic E-state index is 12.0. The molecule has 1 rings (SSSR count). The fourth-order valence-electron chi connectivity index (χ4n) is 2.61. The highest BCUT2D eigenvalue weighted by Crippen LogP contribution is 2.26. The van der Waals surface area contributed by atoms with E-state index in [1.54, 1.807) is 13.0 Å². The molecule has 0 aromatic heterocycles. The van der Waals surface area contributed by atoms with Crippen molar-refractivity contribution in [2.24, 2.45) is 11.7 Å². The van der Waals surface area contributed by atoms with Crippen LogP contribution in [0.4, 0.5) is 0 Å². The van der Waals surface area contributed by atoms with Gasteiger partial charge in [-0.2, -0.15) is 0 Å². The predicted molar refractivity (Wildman–Crippen MR) is 85.0 cm³/mol. The number of carbonyl (C=O) groups excluding carboxylic acids is 1. The van der Waals surface area contributed by atoms with Crippen molar-refractivity contribution in [1.82, 2.24) is 5.32 Å². The fraction of sp³-hybridized carbons (Fsp3) is 0.800. The molecule has 0 aromatic carbocycles. The summed E-state index contributed by atoms with van der Waals surface area (Å²) < 4.78 is 5.45. The van der Waals surface area contributed by atoms with E-state index in [1.165, 1.54) is 32.1 Å². The number of amides is 1. The van der Waals surface area contributed by atoms with E-state index in [2.05, 4.69) is 11.9 Å². The highest BCUT2D eigenvalue weighted by Gasteiger charge is 2.25. The topological polar surface area (TPSA) is 64.3 Å². The van der Waals surface area contributed by atoms with Crippen LogP contribution in [-0.2, 0) is 9.53 Å². The Kier molecular flexibility index (Phi) is 10.8. The highest BCUT2D eigenvalue weighted by molar-refractivity contribution is 5.85. The minimum atomic E-state index is -0.419. The Labute approximate surface area is 128 Å². The van der Waals surface area contributed by atoms with Crippen molar-refractivity contribution in [2.75, 3.05) is 13.2 Å². The number of hydrogen-bond acceptors (Lipinski definition) is 3. The van der Waals surface area contributed by atoms with Crippen LogP contribution in [0.3, 0.4) is 0 Å². The molecule has 1 aliphatic carbocycles. The third kappa shape index (κ3) is 6.73. The molecule has 5 heteroatoms. The van der Waals surface area contributed by atoms with Gasteiger partial charge < -0.3 is 15.8 Å². The molecule has 1 fully saturated rings. The summed E-state index contributed by atoms with van der Waals surface area (Å²) in [6.45, 7) is 6.46. The van der Waals surface area contributed by atoms with Crippen molar-refractivity contribution in [3.05, 3.63) is 12.7 Å². The van der Waals surface area contributed by atoms with Gasteiger partial charge in [0, 0.05) is 12.6 Å². The van der Waals surface area contributed by atoms with Crippen LogP contribution in [-0.4, -0.2) is 31.2 Å². The van der Waals surface area contributed by atoms with Crippen LogP contribution in [0.1, 0.15) is 45.4 Å². The summed E-state index contributed by atoms with van der Waals surface area (Å²) in [6, 6.07) is 0.0956. The van der Waals surface area contributed by atoms with Crippen molar-refractivity contribution in [3.8, 4) is 0 Å². The van der Waals surface area contributed by atoms with Gasteiger partial charge in [0.2, 0.25) is 5.91 Å². The lowest BCUT2D eigenvalue weighted by molar-refractivity contribution is -0.132. The molecule has 0 aliphatic heterocycles. The van der Waals surface area contributed by atoms with Gasteiger partial charge in [-0.3, -0.25) is 4.79 Å². The number of rotatable bonds is 8. The van der Waals surface area contributed by atoms with Crippen molar-refractivity contribution in [2.45, 2.75) is 57.6 Å². The second-order valence-electron chi connectivity index (χ2n) is 5.34. The van der Waals surface area contributed by atoms with Gasteiger partial charge in [0.05, 0.1) is 6.61 Å². The highest BCUT2D eigenvalue weighted by atomic mass is 35.5. The average Bonchev–Trinajstić information content (AvgIpc) is 2.45. The standard InChI is InChI=1S/C15H28N2O2.ClH/c1-3-4-10-19-12(2)15(18)17-14(11-16)13-8-6-5-7-9-13;/h3,12-14H,1,4-11,16H2,2H3,(H,17,18);1H. The van der Waals surface area contributed by atoms with Crippen molar-refractivity contribution in [1.29, 1.82) is 0 Å². The Morgan fingerprint density at radius 2 is 2.10 bits per heavy atom. The zero-order valence-electron chi connectivity index (χ0n) is 12.5. The first kappa shape index (κ1) is 19.4. The number of nitrogens with one attached hydrogen (secondary N) is 1. The Balaban J connectivity index is 0.00000361. The minimum Gasteiger partial charge on any atom is -0.368 e. The molecular formula is C15H29ClN2O2. The molecule has 2 unspecified atom stereocenters. The molecule has 4 nitrogen and oxygen atoms in total. The first-order valence-electron chi connectivity index (χ1n) is 7.42. The predicted octanol–water partition coefficient (Wildman–Crippen LogP) is 2.41. The van der Waals surface area contributed by atoms with Gasteiger partial charge in [-0.25, -0.2) is 0 Å². The Bertz CT molecular complexity index is 281. The van der Waals surface area contributed by atoms with E-state index in [0.29, 0.717) is 19.1 Å². The van der Waals surface area contributed by atoms with E-state index in [1.807, 2.05) is 0 Å².